The molecule has 9 heteroatoms. The summed E-state index contributed by atoms with van der Waals surface area (Å²) >= 11 is 7.71. The Morgan fingerprint density at radius 1 is 1.17 bits per heavy atom. The van der Waals surface area contributed by atoms with Crippen LogP contribution in [0.25, 0.3) is 0 Å². The van der Waals surface area contributed by atoms with Crippen molar-refractivity contribution < 1.29 is 13.2 Å². The molecule has 0 spiro atoms. The van der Waals surface area contributed by atoms with E-state index in [9.17, 15) is 13.2 Å². The Morgan fingerprint density at radius 3 is 2.53 bits per heavy atom. The van der Waals surface area contributed by atoms with Crippen molar-refractivity contribution in [2.24, 2.45) is 0 Å². The number of carbonyl (C=O) groups is 1. The summed E-state index contributed by atoms with van der Waals surface area (Å²) in [6, 6.07) is 14.1. The number of halogens is 1. The van der Waals surface area contributed by atoms with Crippen LogP contribution in [0.2, 0.25) is 5.02 Å². The number of aromatic nitrogens is 1. The normalized spacial score (nSPS) is 12.0. The first kappa shape index (κ1) is 22.3. The number of nitrogens with one attached hydrogen (secondary N) is 2. The van der Waals surface area contributed by atoms with Gasteiger partial charge in [0.1, 0.15) is 5.01 Å². The second kappa shape index (κ2) is 10.6. The smallest absolute Gasteiger partial charge is 0.225 e. The number of hydrogen-bond donors (Lipinski definition) is 3. The van der Waals surface area contributed by atoms with Gasteiger partial charge in [-0.05, 0) is 42.2 Å². The number of hydrogen-bond acceptors (Lipinski definition) is 5. The van der Waals surface area contributed by atoms with E-state index in [-0.39, 0.29) is 18.4 Å². The van der Waals surface area contributed by atoms with Gasteiger partial charge in [0.05, 0.1) is 18.2 Å². The fraction of sp³-hybridized carbons (Fsp3) is 0.238. The van der Waals surface area contributed by atoms with Crippen LogP contribution in [0.3, 0.4) is 0 Å². The predicted molar refractivity (Wildman–Crippen MR) is 122 cm³/mol. The van der Waals surface area contributed by atoms with Gasteiger partial charge in [-0.1, -0.05) is 48.9 Å². The molecular weight excluding hydrogens is 442 g/mol. The van der Waals surface area contributed by atoms with Crippen molar-refractivity contribution in [2.75, 3.05) is 4.72 Å². The summed E-state index contributed by atoms with van der Waals surface area (Å²) in [5.74, 6) is -0.136. The predicted octanol–water partition coefficient (Wildman–Crippen LogP) is 3.94. The molecule has 3 aromatic rings. The van der Waals surface area contributed by atoms with Crippen molar-refractivity contribution in [2.45, 2.75) is 32.2 Å². The highest BCUT2D eigenvalue weighted by Gasteiger charge is 2.19. The summed E-state index contributed by atoms with van der Waals surface area (Å²) in [6.07, 6.45) is 1.54. The van der Waals surface area contributed by atoms with Gasteiger partial charge in [-0.15, -0.1) is 11.3 Å². The van der Waals surface area contributed by atoms with E-state index in [1.165, 1.54) is 11.3 Å². The number of thiazole rings is 1. The molecule has 1 amide bonds. The Balaban J connectivity index is 1.76. The zero-order chi connectivity index (χ0) is 21.5. The number of nitrogens with zero attached hydrogens (tertiary/aromatic N) is 1. The summed E-state index contributed by atoms with van der Waals surface area (Å²) in [7, 11) is -2.70. The minimum atomic E-state index is -2.70. The molecule has 3 rings (SSSR count). The fourth-order valence-electron chi connectivity index (χ4n) is 2.96. The molecule has 1 atom stereocenters. The summed E-state index contributed by atoms with van der Waals surface area (Å²) in [5.41, 5.74) is 3.21. The van der Waals surface area contributed by atoms with Crippen LogP contribution in [-0.2, 0) is 34.9 Å². The number of aryl methyl sites for hydroxylation is 1. The van der Waals surface area contributed by atoms with E-state index in [2.05, 4.69) is 15.0 Å². The maximum atomic E-state index is 12.7. The molecule has 1 heterocycles. The molecule has 0 unspecified atom stereocenters. The van der Waals surface area contributed by atoms with Crippen molar-refractivity contribution in [3.63, 3.8) is 0 Å². The van der Waals surface area contributed by atoms with Crippen molar-refractivity contribution in [3.05, 3.63) is 80.8 Å². The average molecular weight is 464 g/mol. The minimum absolute atomic E-state index is 0.136. The van der Waals surface area contributed by atoms with Gasteiger partial charge in [-0.3, -0.25) is 9.52 Å². The summed E-state index contributed by atoms with van der Waals surface area (Å²) < 4.78 is 24.0. The molecular formula is C21H22ClN3O3S2. The zero-order valence-electron chi connectivity index (χ0n) is 16.3. The van der Waals surface area contributed by atoms with Gasteiger partial charge >= 0.3 is 0 Å². The molecule has 158 valence electrons. The Morgan fingerprint density at radius 2 is 1.90 bits per heavy atom. The largest absolute Gasteiger partial charge is 0.346 e. The molecule has 30 heavy (non-hydrogen) atoms. The number of thiol groups is 1. The van der Waals surface area contributed by atoms with E-state index in [0.717, 1.165) is 28.2 Å². The standard InChI is InChI=1S/C21H22ClN3O3S2/c1-2-16-13-29-21(23-16)19(11-14-7-9-17(10-8-14)25-30(27)28)24-20(26)12-15-5-3-4-6-18(15)22/h3-10,13,19,30H,2,11-12H2,1H3,(H,24,26)(H,25,27,28)/t19-/m0/s1. The van der Waals surface area contributed by atoms with Gasteiger partial charge < -0.3 is 5.32 Å². The maximum absolute atomic E-state index is 12.7. The van der Waals surface area contributed by atoms with Gasteiger partial charge in [0.15, 0.2) is 0 Å². The summed E-state index contributed by atoms with van der Waals surface area (Å²) in [6.45, 7) is 2.04. The van der Waals surface area contributed by atoms with E-state index in [0.29, 0.717) is 17.1 Å². The second-order valence-electron chi connectivity index (χ2n) is 6.69. The lowest BCUT2D eigenvalue weighted by atomic mass is 10.0. The monoisotopic (exact) mass is 463 g/mol. The highest BCUT2D eigenvalue weighted by Crippen LogP contribution is 2.24. The van der Waals surface area contributed by atoms with Crippen LogP contribution in [0.1, 0.15) is 34.8 Å². The highest BCUT2D eigenvalue weighted by atomic mass is 35.5. The van der Waals surface area contributed by atoms with Crippen molar-refractivity contribution >= 4 is 45.4 Å². The minimum Gasteiger partial charge on any atom is -0.346 e. The fourth-order valence-corrected chi connectivity index (χ4v) is 4.48. The van der Waals surface area contributed by atoms with Crippen LogP contribution in [0, 0.1) is 0 Å². The first-order chi connectivity index (χ1) is 14.4. The maximum Gasteiger partial charge on any atom is 0.225 e. The average Bonchev–Trinajstić information content (AvgIpc) is 3.19. The number of benzene rings is 2. The molecule has 2 N–H and O–H groups in total. The number of carbonyl (C=O) groups excluding carboxylic acids is 1. The van der Waals surface area contributed by atoms with Gasteiger partial charge in [-0.2, -0.15) is 0 Å². The van der Waals surface area contributed by atoms with Crippen LogP contribution in [0.5, 0.6) is 0 Å². The highest BCUT2D eigenvalue weighted by molar-refractivity contribution is 7.73. The van der Waals surface area contributed by atoms with Crippen LogP contribution in [0.4, 0.5) is 5.69 Å². The third kappa shape index (κ3) is 6.29. The van der Waals surface area contributed by atoms with Gasteiger partial charge in [-0.25, -0.2) is 13.4 Å². The Kier molecular flexibility index (Phi) is 7.84. The van der Waals surface area contributed by atoms with E-state index >= 15 is 0 Å². The molecule has 0 aliphatic rings. The Labute approximate surface area is 186 Å². The lowest BCUT2D eigenvalue weighted by Gasteiger charge is -2.17. The number of anilines is 1. The summed E-state index contributed by atoms with van der Waals surface area (Å²) in [4.78, 5) is 17.4. The van der Waals surface area contributed by atoms with Crippen LogP contribution >= 0.6 is 22.9 Å². The van der Waals surface area contributed by atoms with E-state index in [1.807, 2.05) is 42.6 Å². The van der Waals surface area contributed by atoms with E-state index in [4.69, 9.17) is 11.6 Å². The Hall–Kier alpha value is -2.42. The molecule has 0 radical (unpaired) electrons. The molecule has 0 saturated heterocycles. The third-order valence-electron chi connectivity index (χ3n) is 4.49. The molecule has 0 aliphatic heterocycles. The van der Waals surface area contributed by atoms with E-state index in [1.54, 1.807) is 18.2 Å². The van der Waals surface area contributed by atoms with Gasteiger partial charge in [0.2, 0.25) is 16.8 Å². The van der Waals surface area contributed by atoms with Crippen molar-refractivity contribution in [3.8, 4) is 0 Å². The molecule has 0 aliphatic carbocycles. The molecule has 0 bridgehead atoms. The first-order valence-electron chi connectivity index (χ1n) is 9.41. The lowest BCUT2D eigenvalue weighted by molar-refractivity contribution is -0.121. The van der Waals surface area contributed by atoms with Crippen molar-refractivity contribution in [1.29, 1.82) is 0 Å². The first-order valence-corrected chi connectivity index (χ1v) is 11.8. The SMILES string of the molecule is CCc1csc([C@H](Cc2ccc(N[SH](=O)=O)cc2)NC(=O)Cc2ccccc2Cl)n1. The quantitative estimate of drug-likeness (QED) is 0.419. The molecule has 1 aromatic heterocycles. The van der Waals surface area contributed by atoms with Gasteiger partial charge in [0.25, 0.3) is 0 Å². The molecule has 2 aromatic carbocycles. The van der Waals surface area contributed by atoms with Gasteiger partial charge in [0, 0.05) is 16.1 Å². The Bertz CT molecular complexity index is 1070. The molecule has 6 nitrogen and oxygen atoms in total. The van der Waals surface area contributed by atoms with E-state index < -0.39 is 10.9 Å². The van der Waals surface area contributed by atoms with Crippen LogP contribution in [0.15, 0.2) is 53.9 Å². The molecule has 0 saturated carbocycles. The van der Waals surface area contributed by atoms with Crippen LogP contribution < -0.4 is 10.0 Å². The number of amides is 1. The third-order valence-corrected chi connectivity index (χ3v) is 6.30. The zero-order valence-corrected chi connectivity index (χ0v) is 18.8. The van der Waals surface area contributed by atoms with Crippen molar-refractivity contribution in [1.82, 2.24) is 10.3 Å². The van der Waals surface area contributed by atoms with Crippen LogP contribution in [-0.4, -0.2) is 19.3 Å². The number of rotatable bonds is 9. The summed E-state index contributed by atoms with van der Waals surface area (Å²) in [5, 5.41) is 6.48. The second-order valence-corrected chi connectivity index (χ2v) is 8.72. The molecule has 0 fully saturated rings. The lowest BCUT2D eigenvalue weighted by Crippen LogP contribution is -2.31. The topological polar surface area (TPSA) is 88.2 Å².